The van der Waals surface area contributed by atoms with Crippen molar-refractivity contribution in [3.63, 3.8) is 0 Å². The average Bonchev–Trinajstić information content (AvgIpc) is 2.06. The van der Waals surface area contributed by atoms with E-state index in [1.165, 1.54) is 5.57 Å². The Balaban J connectivity index is 2.95. The molecule has 0 bridgehead atoms. The summed E-state index contributed by atoms with van der Waals surface area (Å²) in [6.07, 6.45) is 9.55. The van der Waals surface area contributed by atoms with Crippen LogP contribution in [-0.2, 0) is 0 Å². The zero-order chi connectivity index (χ0) is 9.19. The van der Waals surface area contributed by atoms with Gasteiger partial charge in [0.15, 0.2) is 0 Å². The molecule has 0 saturated heterocycles. The molecular formula is C12H16. The van der Waals surface area contributed by atoms with Crippen molar-refractivity contribution < 1.29 is 0 Å². The standard InChI is InChI=1S/C12H16/c1-5-12(10(2)3)8-6-11(4)7-9-12/h5-8H,1-2,9H2,3-4H3. The van der Waals surface area contributed by atoms with Crippen LogP contribution in [0.1, 0.15) is 20.3 Å². The van der Waals surface area contributed by atoms with E-state index in [2.05, 4.69) is 45.2 Å². The van der Waals surface area contributed by atoms with E-state index in [0.29, 0.717) is 0 Å². The van der Waals surface area contributed by atoms with E-state index in [1.54, 1.807) is 0 Å². The first-order chi connectivity index (χ1) is 5.60. The summed E-state index contributed by atoms with van der Waals surface area (Å²) in [7, 11) is 0. The summed E-state index contributed by atoms with van der Waals surface area (Å²) in [5.74, 6) is 0. The molecule has 0 aromatic heterocycles. The van der Waals surface area contributed by atoms with Gasteiger partial charge in [0, 0.05) is 5.41 Å². The molecular weight excluding hydrogens is 144 g/mol. The average molecular weight is 160 g/mol. The molecule has 0 nitrogen and oxygen atoms in total. The van der Waals surface area contributed by atoms with Gasteiger partial charge < -0.3 is 0 Å². The molecule has 0 radical (unpaired) electrons. The van der Waals surface area contributed by atoms with Crippen molar-refractivity contribution in [2.45, 2.75) is 20.3 Å². The minimum Gasteiger partial charge on any atom is -0.102 e. The fourth-order valence-electron chi connectivity index (χ4n) is 1.39. The highest BCUT2D eigenvalue weighted by atomic mass is 14.3. The van der Waals surface area contributed by atoms with Crippen LogP contribution < -0.4 is 0 Å². The Morgan fingerprint density at radius 3 is 2.67 bits per heavy atom. The van der Waals surface area contributed by atoms with Crippen LogP contribution in [-0.4, -0.2) is 0 Å². The molecule has 0 fully saturated rings. The Bertz CT molecular complexity index is 266. The van der Waals surface area contributed by atoms with E-state index in [9.17, 15) is 0 Å². The van der Waals surface area contributed by atoms with Crippen LogP contribution in [0.3, 0.4) is 0 Å². The van der Waals surface area contributed by atoms with Gasteiger partial charge in [-0.1, -0.05) is 42.0 Å². The van der Waals surface area contributed by atoms with Crippen LogP contribution >= 0.6 is 0 Å². The molecule has 1 aliphatic rings. The third-order valence-corrected chi connectivity index (χ3v) is 2.56. The Labute approximate surface area is 75.0 Å². The predicted octanol–water partition coefficient (Wildman–Crippen LogP) is 3.64. The SMILES string of the molecule is C=CC1(C(=C)C)C=CC(C)=CC1. The summed E-state index contributed by atoms with van der Waals surface area (Å²) in [6.45, 7) is 12.0. The number of hydrogen-bond donors (Lipinski definition) is 0. The first kappa shape index (κ1) is 9.05. The van der Waals surface area contributed by atoms with Gasteiger partial charge in [0.05, 0.1) is 0 Å². The van der Waals surface area contributed by atoms with E-state index in [1.807, 2.05) is 6.08 Å². The molecule has 0 aromatic rings. The highest BCUT2D eigenvalue weighted by molar-refractivity contribution is 5.35. The number of rotatable bonds is 2. The second-order valence-electron chi connectivity index (χ2n) is 3.51. The highest BCUT2D eigenvalue weighted by Crippen LogP contribution is 2.36. The van der Waals surface area contributed by atoms with Crippen LogP contribution in [0.4, 0.5) is 0 Å². The normalized spacial score (nSPS) is 28.0. The Morgan fingerprint density at radius 1 is 1.67 bits per heavy atom. The van der Waals surface area contributed by atoms with Crippen LogP contribution in [0.15, 0.2) is 48.6 Å². The van der Waals surface area contributed by atoms with Crippen molar-refractivity contribution in [2.24, 2.45) is 5.41 Å². The monoisotopic (exact) mass is 160 g/mol. The van der Waals surface area contributed by atoms with E-state index in [-0.39, 0.29) is 5.41 Å². The molecule has 0 heterocycles. The summed E-state index contributed by atoms with van der Waals surface area (Å²) < 4.78 is 0. The third-order valence-electron chi connectivity index (χ3n) is 2.56. The van der Waals surface area contributed by atoms with Crippen LogP contribution in [0, 0.1) is 5.41 Å². The van der Waals surface area contributed by atoms with Crippen molar-refractivity contribution in [2.75, 3.05) is 0 Å². The van der Waals surface area contributed by atoms with Gasteiger partial charge in [-0.05, 0) is 20.3 Å². The maximum Gasteiger partial charge on any atom is 0.0301 e. The minimum absolute atomic E-state index is 0.0134. The first-order valence-corrected chi connectivity index (χ1v) is 4.26. The number of allylic oxidation sites excluding steroid dienone is 6. The van der Waals surface area contributed by atoms with Crippen LogP contribution in [0.5, 0.6) is 0 Å². The smallest absolute Gasteiger partial charge is 0.0301 e. The van der Waals surface area contributed by atoms with Gasteiger partial charge in [0.25, 0.3) is 0 Å². The fraction of sp³-hybridized carbons (Fsp3) is 0.333. The lowest BCUT2D eigenvalue weighted by atomic mass is 9.75. The fourth-order valence-corrected chi connectivity index (χ4v) is 1.39. The van der Waals surface area contributed by atoms with E-state index >= 15 is 0 Å². The molecule has 64 valence electrons. The molecule has 12 heavy (non-hydrogen) atoms. The molecule has 0 heteroatoms. The third kappa shape index (κ3) is 1.42. The summed E-state index contributed by atoms with van der Waals surface area (Å²) in [6, 6.07) is 0. The maximum absolute atomic E-state index is 4.00. The largest absolute Gasteiger partial charge is 0.102 e. The second-order valence-corrected chi connectivity index (χ2v) is 3.51. The lowest BCUT2D eigenvalue weighted by Gasteiger charge is -2.29. The van der Waals surface area contributed by atoms with Crippen molar-refractivity contribution in [3.05, 3.63) is 48.6 Å². The Morgan fingerprint density at radius 2 is 2.33 bits per heavy atom. The number of hydrogen-bond acceptors (Lipinski definition) is 0. The van der Waals surface area contributed by atoms with Crippen molar-refractivity contribution >= 4 is 0 Å². The van der Waals surface area contributed by atoms with Gasteiger partial charge in [-0.2, -0.15) is 0 Å². The van der Waals surface area contributed by atoms with Crippen LogP contribution in [0.2, 0.25) is 0 Å². The Hall–Kier alpha value is -1.04. The molecule has 1 atom stereocenters. The molecule has 0 saturated carbocycles. The van der Waals surface area contributed by atoms with Gasteiger partial charge in [-0.3, -0.25) is 0 Å². The summed E-state index contributed by atoms with van der Waals surface area (Å²) >= 11 is 0. The van der Waals surface area contributed by atoms with Gasteiger partial charge in [0.1, 0.15) is 0 Å². The molecule has 1 unspecified atom stereocenters. The van der Waals surface area contributed by atoms with Gasteiger partial charge in [-0.25, -0.2) is 0 Å². The zero-order valence-corrected chi connectivity index (χ0v) is 7.93. The quantitative estimate of drug-likeness (QED) is 0.541. The summed E-state index contributed by atoms with van der Waals surface area (Å²) in [5.41, 5.74) is 2.51. The second kappa shape index (κ2) is 3.14. The van der Waals surface area contributed by atoms with Gasteiger partial charge >= 0.3 is 0 Å². The predicted molar refractivity (Wildman–Crippen MR) is 55.0 cm³/mol. The lowest BCUT2D eigenvalue weighted by molar-refractivity contribution is 0.591. The highest BCUT2D eigenvalue weighted by Gasteiger charge is 2.24. The molecule has 0 aromatic carbocycles. The van der Waals surface area contributed by atoms with Crippen molar-refractivity contribution in [1.29, 1.82) is 0 Å². The zero-order valence-electron chi connectivity index (χ0n) is 7.93. The summed E-state index contributed by atoms with van der Waals surface area (Å²) in [5, 5.41) is 0. The molecule has 1 aliphatic carbocycles. The summed E-state index contributed by atoms with van der Waals surface area (Å²) in [4.78, 5) is 0. The molecule has 0 aliphatic heterocycles. The lowest BCUT2D eigenvalue weighted by Crippen LogP contribution is -2.16. The minimum atomic E-state index is 0.0134. The van der Waals surface area contributed by atoms with Crippen molar-refractivity contribution in [3.8, 4) is 0 Å². The molecule has 0 N–H and O–H groups in total. The molecule has 1 rings (SSSR count). The van der Waals surface area contributed by atoms with E-state index in [4.69, 9.17) is 0 Å². The molecule has 0 spiro atoms. The van der Waals surface area contributed by atoms with E-state index in [0.717, 1.165) is 12.0 Å². The molecule has 0 amide bonds. The van der Waals surface area contributed by atoms with Gasteiger partial charge in [0.2, 0.25) is 0 Å². The topological polar surface area (TPSA) is 0 Å². The van der Waals surface area contributed by atoms with Crippen LogP contribution in [0.25, 0.3) is 0 Å². The maximum atomic E-state index is 4.00. The van der Waals surface area contributed by atoms with Crippen molar-refractivity contribution in [1.82, 2.24) is 0 Å². The van der Waals surface area contributed by atoms with Gasteiger partial charge in [-0.15, -0.1) is 6.58 Å². The first-order valence-electron chi connectivity index (χ1n) is 4.26. The van der Waals surface area contributed by atoms with E-state index < -0.39 is 0 Å². The Kier molecular flexibility index (Phi) is 2.37.